The third-order valence-corrected chi connectivity index (χ3v) is 4.56. The molecule has 0 radical (unpaired) electrons. The quantitative estimate of drug-likeness (QED) is 0.168. The van der Waals surface area contributed by atoms with Crippen molar-refractivity contribution in [2.75, 3.05) is 33.2 Å². The second kappa shape index (κ2) is 12.9. The molecule has 30 heavy (non-hydrogen) atoms. The Morgan fingerprint density at radius 2 is 1.93 bits per heavy atom. The Kier molecular flexibility index (Phi) is 11.0. The number of ether oxygens (including phenoxy) is 1. The first-order valence-corrected chi connectivity index (χ1v) is 9.82. The molecule has 11 nitrogen and oxygen atoms in total. The van der Waals surface area contributed by atoms with Crippen LogP contribution in [-0.4, -0.2) is 101 Å². The summed E-state index contributed by atoms with van der Waals surface area (Å²) in [4.78, 5) is 50.2. The lowest BCUT2D eigenvalue weighted by Crippen LogP contribution is -2.58. The molecule has 4 N–H and O–H groups in total. The Hall–Kier alpha value is -2.50. The number of carboxylic acid groups (broad SMARTS) is 1. The topological polar surface area (TPSA) is 157 Å². The molecule has 0 aromatic carbocycles. The highest BCUT2D eigenvalue weighted by atomic mass is 16.5. The fraction of sp³-hybridized carbons (Fsp3) is 0.684. The van der Waals surface area contributed by atoms with E-state index in [-0.39, 0.29) is 38.3 Å². The number of esters is 1. The number of aliphatic carboxylic acids is 1. The van der Waals surface area contributed by atoms with E-state index < -0.39 is 36.3 Å². The maximum atomic E-state index is 12.5. The first-order valence-electron chi connectivity index (χ1n) is 9.82. The van der Waals surface area contributed by atoms with Crippen LogP contribution in [0.2, 0.25) is 0 Å². The van der Waals surface area contributed by atoms with Crippen LogP contribution in [0.4, 0.5) is 0 Å². The Morgan fingerprint density at radius 1 is 1.23 bits per heavy atom. The number of hydrogen-bond donors (Lipinski definition) is 4. The molecule has 1 aliphatic rings. The molecular formula is C19H31N3O8. The van der Waals surface area contributed by atoms with E-state index >= 15 is 0 Å². The van der Waals surface area contributed by atoms with Crippen LogP contribution < -0.4 is 5.32 Å². The van der Waals surface area contributed by atoms with Crippen molar-refractivity contribution in [3.05, 3.63) is 12.2 Å². The van der Waals surface area contributed by atoms with Crippen molar-refractivity contribution in [3.8, 4) is 0 Å². The summed E-state index contributed by atoms with van der Waals surface area (Å²) in [6.07, 6.45) is 0.320. The van der Waals surface area contributed by atoms with Gasteiger partial charge in [0.15, 0.2) is 6.29 Å². The first kappa shape index (κ1) is 25.5. The van der Waals surface area contributed by atoms with Gasteiger partial charge in [0.05, 0.1) is 19.4 Å². The Labute approximate surface area is 175 Å². The monoisotopic (exact) mass is 429 g/mol. The van der Waals surface area contributed by atoms with E-state index in [2.05, 4.69) is 5.32 Å². The van der Waals surface area contributed by atoms with Crippen molar-refractivity contribution in [1.29, 1.82) is 0 Å². The number of aliphatic hydroxyl groups is 2. The fourth-order valence-electron chi connectivity index (χ4n) is 2.95. The highest BCUT2D eigenvalue weighted by Crippen LogP contribution is 2.12. The fourth-order valence-corrected chi connectivity index (χ4v) is 2.95. The summed E-state index contributed by atoms with van der Waals surface area (Å²) in [6.45, 7) is 2.81. The minimum atomic E-state index is -1.74. The lowest BCUT2D eigenvalue weighted by atomic mass is 10.1. The molecule has 11 heteroatoms. The summed E-state index contributed by atoms with van der Waals surface area (Å²) < 4.78 is 5.06. The van der Waals surface area contributed by atoms with Gasteiger partial charge in [0.25, 0.3) is 0 Å². The number of amides is 2. The highest BCUT2D eigenvalue weighted by Gasteiger charge is 2.33. The normalized spacial score (nSPS) is 17.2. The van der Waals surface area contributed by atoms with Gasteiger partial charge in [-0.25, -0.2) is 0 Å². The lowest BCUT2D eigenvalue weighted by Gasteiger charge is -2.37. The molecule has 2 atom stereocenters. The van der Waals surface area contributed by atoms with E-state index in [1.165, 1.54) is 17.1 Å². The van der Waals surface area contributed by atoms with Crippen LogP contribution in [0.25, 0.3) is 0 Å². The molecule has 0 saturated carbocycles. The third kappa shape index (κ3) is 9.33. The van der Waals surface area contributed by atoms with Crippen LogP contribution >= 0.6 is 0 Å². The number of carbonyl (C=O) groups excluding carboxylic acids is 3. The molecule has 2 amide bonds. The zero-order valence-electron chi connectivity index (χ0n) is 17.3. The van der Waals surface area contributed by atoms with Gasteiger partial charge in [-0.05, 0) is 13.5 Å². The lowest BCUT2D eigenvalue weighted by molar-refractivity contribution is -0.152. The largest absolute Gasteiger partial charge is 0.481 e. The van der Waals surface area contributed by atoms with E-state index in [4.69, 9.17) is 9.84 Å². The molecule has 1 fully saturated rings. The van der Waals surface area contributed by atoms with E-state index in [0.717, 1.165) is 0 Å². The molecule has 0 aromatic rings. The minimum Gasteiger partial charge on any atom is -0.481 e. The number of hydrogen-bond acceptors (Lipinski definition) is 8. The molecule has 1 heterocycles. The second-order valence-corrected chi connectivity index (χ2v) is 7.10. The summed E-state index contributed by atoms with van der Waals surface area (Å²) in [5.74, 6) is -2.42. The van der Waals surface area contributed by atoms with Gasteiger partial charge >= 0.3 is 11.9 Å². The number of carbonyl (C=O) groups is 4. The average molecular weight is 429 g/mol. The predicted molar refractivity (Wildman–Crippen MR) is 105 cm³/mol. The number of rotatable bonds is 12. The molecule has 0 bridgehead atoms. The first-order chi connectivity index (χ1) is 14.1. The van der Waals surface area contributed by atoms with Crippen LogP contribution in [0.5, 0.6) is 0 Å². The van der Waals surface area contributed by atoms with Crippen molar-refractivity contribution >= 4 is 23.8 Å². The molecule has 170 valence electrons. The maximum Gasteiger partial charge on any atom is 0.309 e. The Morgan fingerprint density at radius 3 is 2.50 bits per heavy atom. The highest BCUT2D eigenvalue weighted by molar-refractivity contribution is 5.88. The van der Waals surface area contributed by atoms with E-state index in [1.54, 1.807) is 14.0 Å². The van der Waals surface area contributed by atoms with Crippen molar-refractivity contribution < 1.29 is 39.2 Å². The molecule has 0 aliphatic carbocycles. The summed E-state index contributed by atoms with van der Waals surface area (Å²) in [5, 5.41) is 29.9. The smallest absolute Gasteiger partial charge is 0.309 e. The zero-order valence-corrected chi connectivity index (χ0v) is 17.3. The molecule has 2 unspecified atom stereocenters. The third-order valence-electron chi connectivity index (χ3n) is 4.56. The number of piperazine rings is 1. The van der Waals surface area contributed by atoms with E-state index in [0.29, 0.717) is 19.5 Å². The SMILES string of the molecule is CCC(CC(=O)O)OC(=O)C/C=C/CNC(=O)C(CC(O)O)N1CCN(C)CC1=O. The van der Waals surface area contributed by atoms with Gasteiger partial charge in [-0.15, -0.1) is 0 Å². The van der Waals surface area contributed by atoms with Gasteiger partial charge in [0.2, 0.25) is 11.8 Å². The minimum absolute atomic E-state index is 0.0679. The Balaban J connectivity index is 2.50. The summed E-state index contributed by atoms with van der Waals surface area (Å²) >= 11 is 0. The van der Waals surface area contributed by atoms with Crippen LogP contribution in [0.1, 0.15) is 32.6 Å². The van der Waals surface area contributed by atoms with Crippen molar-refractivity contribution in [2.45, 2.75) is 51.0 Å². The van der Waals surface area contributed by atoms with Gasteiger partial charge in [-0.3, -0.25) is 24.1 Å². The number of carboxylic acids is 1. The number of nitrogens with zero attached hydrogens (tertiary/aromatic N) is 2. The van der Waals surface area contributed by atoms with E-state index in [9.17, 15) is 29.4 Å². The maximum absolute atomic E-state index is 12.5. The average Bonchev–Trinajstić information content (AvgIpc) is 2.65. The van der Waals surface area contributed by atoms with Crippen LogP contribution in [0.3, 0.4) is 0 Å². The predicted octanol–water partition coefficient (Wildman–Crippen LogP) is -1.31. The molecule has 0 aromatic heterocycles. The van der Waals surface area contributed by atoms with Crippen LogP contribution in [0, 0.1) is 0 Å². The molecule has 1 saturated heterocycles. The van der Waals surface area contributed by atoms with E-state index in [1.807, 2.05) is 4.90 Å². The van der Waals surface area contributed by atoms with Gasteiger partial charge in [0.1, 0.15) is 12.1 Å². The van der Waals surface area contributed by atoms with Crippen LogP contribution in [0.15, 0.2) is 12.2 Å². The standard InChI is InChI=1S/C19H31N3O8/c1-3-13(10-16(24)25)30-18(28)6-4-5-7-20-19(29)14(11-17(26)27)22-9-8-21(2)12-15(22)23/h4-5,13-14,17,26-27H,3,6-12H2,1-2H3,(H,20,29)(H,24,25)/b5-4+. The molecule has 0 spiro atoms. The van der Waals surface area contributed by atoms with Gasteiger partial charge in [-0.2, -0.15) is 0 Å². The van der Waals surface area contributed by atoms with Crippen LogP contribution in [-0.2, 0) is 23.9 Å². The number of aliphatic hydroxyl groups excluding tert-OH is 1. The molecular weight excluding hydrogens is 398 g/mol. The van der Waals surface area contributed by atoms with Gasteiger partial charge < -0.3 is 30.3 Å². The van der Waals surface area contributed by atoms with Crippen molar-refractivity contribution in [2.24, 2.45) is 0 Å². The molecule has 1 rings (SSSR count). The van der Waals surface area contributed by atoms with Crippen molar-refractivity contribution in [1.82, 2.24) is 15.1 Å². The summed E-state index contributed by atoms with van der Waals surface area (Å²) in [6, 6.07) is -1.01. The number of nitrogens with one attached hydrogen (secondary N) is 1. The zero-order chi connectivity index (χ0) is 22.7. The summed E-state index contributed by atoms with van der Waals surface area (Å²) in [7, 11) is 1.78. The Bertz CT molecular complexity index is 637. The van der Waals surface area contributed by atoms with Gasteiger partial charge in [0, 0.05) is 26.1 Å². The summed E-state index contributed by atoms with van der Waals surface area (Å²) in [5.41, 5.74) is 0. The number of likely N-dealkylation sites (N-methyl/N-ethyl adjacent to an activating group) is 1. The van der Waals surface area contributed by atoms with Gasteiger partial charge in [-0.1, -0.05) is 19.1 Å². The second-order valence-electron chi connectivity index (χ2n) is 7.10. The van der Waals surface area contributed by atoms with Crippen molar-refractivity contribution in [3.63, 3.8) is 0 Å². The molecule has 1 aliphatic heterocycles.